The van der Waals surface area contributed by atoms with E-state index in [1.807, 2.05) is 0 Å². The number of aliphatic carboxylic acids is 1. The van der Waals surface area contributed by atoms with Crippen molar-refractivity contribution < 1.29 is 14.7 Å². The van der Waals surface area contributed by atoms with Gasteiger partial charge < -0.3 is 10.8 Å². The molecule has 0 saturated carbocycles. The van der Waals surface area contributed by atoms with E-state index in [1.54, 1.807) is 0 Å². The predicted octanol–water partition coefficient (Wildman–Crippen LogP) is 0.687. The highest BCUT2D eigenvalue weighted by Crippen LogP contribution is 2.33. The number of nitrogens with two attached hydrogens (primary N) is 1. The highest BCUT2D eigenvalue weighted by atomic mass is 33.5. The third-order valence-corrected chi connectivity index (χ3v) is 5.48. The van der Waals surface area contributed by atoms with Crippen LogP contribution >= 0.6 is 56.9 Å². The Morgan fingerprint density at radius 3 is 2.44 bits per heavy atom. The Bertz CT molecular complexity index is 242. The number of carboxylic acids is 1. The number of hydrogen-bond donors (Lipinski definition) is 5. The molecule has 0 heterocycles. The first-order chi connectivity index (χ1) is 7.52. The Kier molecular flexibility index (Phi) is 10.3. The highest BCUT2D eigenvalue weighted by molar-refractivity contribution is 9.11. The van der Waals surface area contributed by atoms with Gasteiger partial charge in [-0.25, -0.2) is 4.72 Å². The minimum absolute atomic E-state index is 0.178. The molecule has 0 rings (SSSR count). The van der Waals surface area contributed by atoms with Crippen molar-refractivity contribution >= 4 is 67.9 Å². The Balaban J connectivity index is 3.67. The quantitative estimate of drug-likeness (QED) is 0.193. The summed E-state index contributed by atoms with van der Waals surface area (Å²) in [4.78, 5) is 21.8. The molecule has 0 aromatic carbocycles. The zero-order valence-corrected chi connectivity index (χ0v) is 12.3. The molecule has 0 unspecified atom stereocenters. The van der Waals surface area contributed by atoms with Crippen LogP contribution in [0.5, 0.6) is 0 Å². The molecule has 0 amide bonds. The van der Waals surface area contributed by atoms with Crippen LogP contribution in [0.2, 0.25) is 0 Å². The number of carboxylic acid groups (broad SMARTS) is 1. The van der Waals surface area contributed by atoms with Gasteiger partial charge in [0.1, 0.15) is 6.04 Å². The summed E-state index contributed by atoms with van der Waals surface area (Å²) in [6.45, 7) is 0. The van der Waals surface area contributed by atoms with Crippen LogP contribution in [0, 0.1) is 0 Å². The average molecular weight is 321 g/mol. The third kappa shape index (κ3) is 7.20. The van der Waals surface area contributed by atoms with Crippen LogP contribution in [0.4, 0.5) is 0 Å². The lowest BCUT2D eigenvalue weighted by atomic mass is 10.4. The van der Waals surface area contributed by atoms with Crippen LogP contribution in [-0.2, 0) is 9.59 Å². The standard InChI is InChI=1S/C6H12N2O3S5/c7-3(1-12)6(11)14-16-15-8-4(2-13)5(9)10/h3-4,8,12-13H,1-2,7H2,(H,9,10)/t3-,4-/m0/s1. The van der Waals surface area contributed by atoms with Gasteiger partial charge in [-0.2, -0.15) is 25.3 Å². The summed E-state index contributed by atoms with van der Waals surface area (Å²) in [6, 6.07) is -1.34. The molecule has 0 fully saturated rings. The van der Waals surface area contributed by atoms with E-state index in [2.05, 4.69) is 30.0 Å². The summed E-state index contributed by atoms with van der Waals surface area (Å²) in [5, 5.41) is 8.48. The second-order valence-corrected chi connectivity index (χ2v) is 7.00. The van der Waals surface area contributed by atoms with E-state index in [-0.39, 0.29) is 10.9 Å². The number of carbonyl (C=O) groups is 2. The maximum atomic E-state index is 11.2. The van der Waals surface area contributed by atoms with E-state index in [0.717, 1.165) is 31.6 Å². The number of hydrogen-bond acceptors (Lipinski definition) is 9. The van der Waals surface area contributed by atoms with E-state index in [4.69, 9.17) is 10.8 Å². The van der Waals surface area contributed by atoms with Gasteiger partial charge >= 0.3 is 5.97 Å². The molecule has 2 atom stereocenters. The van der Waals surface area contributed by atoms with Gasteiger partial charge in [-0.15, -0.1) is 0 Å². The van der Waals surface area contributed by atoms with Crippen molar-refractivity contribution in [2.75, 3.05) is 11.5 Å². The van der Waals surface area contributed by atoms with Crippen molar-refractivity contribution in [3.63, 3.8) is 0 Å². The normalized spacial score (nSPS) is 14.4. The molecule has 10 heteroatoms. The summed E-state index contributed by atoms with van der Waals surface area (Å²) >= 11 is 7.77. The number of thiol groups is 2. The minimum Gasteiger partial charge on any atom is -0.480 e. The molecule has 0 bridgehead atoms. The molecule has 0 spiro atoms. The lowest BCUT2D eigenvalue weighted by Gasteiger charge is -2.10. The zero-order valence-electron chi connectivity index (χ0n) is 8.03. The summed E-state index contributed by atoms with van der Waals surface area (Å²) in [5.74, 6) is -0.511. The highest BCUT2D eigenvalue weighted by Gasteiger charge is 2.16. The van der Waals surface area contributed by atoms with Gasteiger partial charge in [0.2, 0.25) is 5.12 Å². The van der Waals surface area contributed by atoms with Gasteiger partial charge in [0.25, 0.3) is 0 Å². The molecule has 0 aliphatic rings. The number of rotatable bonds is 8. The zero-order chi connectivity index (χ0) is 12.6. The van der Waals surface area contributed by atoms with E-state index in [1.165, 1.54) is 0 Å². The van der Waals surface area contributed by atoms with Gasteiger partial charge in [0.15, 0.2) is 0 Å². The monoisotopic (exact) mass is 320 g/mol. The van der Waals surface area contributed by atoms with Crippen LogP contribution in [0.1, 0.15) is 0 Å². The van der Waals surface area contributed by atoms with Gasteiger partial charge in [0, 0.05) is 22.5 Å². The molecule has 0 aromatic rings. The molecule has 0 aliphatic heterocycles. The van der Waals surface area contributed by atoms with E-state index >= 15 is 0 Å². The van der Waals surface area contributed by atoms with Crippen molar-refractivity contribution in [1.29, 1.82) is 0 Å². The van der Waals surface area contributed by atoms with Gasteiger partial charge in [-0.3, -0.25) is 9.59 Å². The fourth-order valence-corrected chi connectivity index (χ4v) is 4.14. The largest absolute Gasteiger partial charge is 0.480 e. The lowest BCUT2D eigenvalue weighted by molar-refractivity contribution is -0.138. The van der Waals surface area contributed by atoms with Crippen molar-refractivity contribution in [1.82, 2.24) is 4.72 Å². The van der Waals surface area contributed by atoms with Crippen LogP contribution in [0.3, 0.4) is 0 Å². The Morgan fingerprint density at radius 2 is 2.00 bits per heavy atom. The van der Waals surface area contributed by atoms with E-state index in [9.17, 15) is 9.59 Å². The van der Waals surface area contributed by atoms with Crippen molar-refractivity contribution in [2.45, 2.75) is 12.1 Å². The van der Waals surface area contributed by atoms with Crippen molar-refractivity contribution in [3.8, 4) is 0 Å². The molecule has 0 aliphatic carbocycles. The van der Waals surface area contributed by atoms with Gasteiger partial charge in [0.05, 0.1) is 6.04 Å². The summed E-state index contributed by atoms with van der Waals surface area (Å²) in [6.07, 6.45) is 0. The molecular weight excluding hydrogens is 308 g/mol. The Labute approximate surface area is 116 Å². The van der Waals surface area contributed by atoms with Crippen molar-refractivity contribution in [2.24, 2.45) is 5.73 Å². The predicted molar refractivity (Wildman–Crippen MR) is 78.0 cm³/mol. The first-order valence-electron chi connectivity index (χ1n) is 4.02. The van der Waals surface area contributed by atoms with Crippen LogP contribution < -0.4 is 10.5 Å². The molecule has 4 N–H and O–H groups in total. The maximum Gasteiger partial charge on any atom is 0.322 e. The van der Waals surface area contributed by atoms with E-state index < -0.39 is 18.1 Å². The van der Waals surface area contributed by atoms with Crippen LogP contribution in [0.25, 0.3) is 0 Å². The Hall–Kier alpha value is 0.810. The number of nitrogens with one attached hydrogen (secondary N) is 1. The molecular formula is C6H12N2O3S5. The summed E-state index contributed by atoms with van der Waals surface area (Å²) in [5.41, 5.74) is 5.44. The fourth-order valence-electron chi connectivity index (χ4n) is 0.430. The SMILES string of the molecule is N[C@@H](CS)C(=O)SSSN[C@@H](CS)C(=O)O. The van der Waals surface area contributed by atoms with Gasteiger partial charge in [-0.1, -0.05) is 0 Å². The summed E-state index contributed by atoms with van der Waals surface area (Å²) < 4.78 is 2.65. The van der Waals surface area contributed by atoms with E-state index in [0.29, 0.717) is 5.75 Å². The molecule has 5 nitrogen and oxygen atoms in total. The molecule has 0 aromatic heterocycles. The molecule has 0 radical (unpaired) electrons. The topological polar surface area (TPSA) is 92.4 Å². The first kappa shape index (κ1) is 16.8. The fraction of sp³-hybridized carbons (Fsp3) is 0.667. The van der Waals surface area contributed by atoms with Crippen molar-refractivity contribution in [3.05, 3.63) is 0 Å². The first-order valence-corrected chi connectivity index (χ1v) is 8.77. The molecule has 0 saturated heterocycles. The van der Waals surface area contributed by atoms with Crippen LogP contribution in [-0.4, -0.2) is 39.8 Å². The van der Waals surface area contributed by atoms with Gasteiger partial charge in [-0.05, 0) is 20.6 Å². The summed E-state index contributed by atoms with van der Waals surface area (Å²) in [7, 11) is 3.16. The molecule has 94 valence electrons. The Morgan fingerprint density at radius 1 is 1.38 bits per heavy atom. The third-order valence-electron chi connectivity index (χ3n) is 1.32. The number of carbonyl (C=O) groups excluding carboxylic acids is 1. The van der Waals surface area contributed by atoms with Crippen LogP contribution in [0.15, 0.2) is 0 Å². The second kappa shape index (κ2) is 9.80. The molecule has 16 heavy (non-hydrogen) atoms. The second-order valence-electron chi connectivity index (χ2n) is 2.53. The lowest BCUT2D eigenvalue weighted by Crippen LogP contribution is -2.33. The maximum absolute atomic E-state index is 11.2. The smallest absolute Gasteiger partial charge is 0.322 e. The average Bonchev–Trinajstić information content (AvgIpc) is 2.27. The minimum atomic E-state index is -0.980.